The summed E-state index contributed by atoms with van der Waals surface area (Å²) in [4.78, 5) is 24.4. The molecule has 1 saturated heterocycles. The average molecular weight is 331 g/mol. The number of hydrogen-bond acceptors (Lipinski definition) is 3. The van der Waals surface area contributed by atoms with Gasteiger partial charge in [-0.3, -0.25) is 9.59 Å². The van der Waals surface area contributed by atoms with E-state index in [1.807, 2.05) is 0 Å². The van der Waals surface area contributed by atoms with E-state index in [4.69, 9.17) is 5.11 Å². The third-order valence-corrected chi connectivity index (χ3v) is 3.94. The smallest absolute Gasteiger partial charge is 0.303 e. The molecule has 0 spiro atoms. The van der Waals surface area contributed by atoms with Gasteiger partial charge >= 0.3 is 5.97 Å². The van der Waals surface area contributed by atoms with Crippen LogP contribution in [0.1, 0.15) is 42.5 Å². The molecule has 0 saturated carbocycles. The summed E-state index contributed by atoms with van der Waals surface area (Å²) in [6.07, 6.45) is 2.03. The van der Waals surface area contributed by atoms with E-state index in [9.17, 15) is 27.9 Å². The first-order valence-corrected chi connectivity index (χ1v) is 7.22. The maximum Gasteiger partial charge on any atom is 0.303 e. The van der Waals surface area contributed by atoms with Crippen LogP contribution < -0.4 is 0 Å². The Balaban J connectivity index is 2.28. The molecule has 1 fully saturated rings. The third kappa shape index (κ3) is 3.57. The summed E-state index contributed by atoms with van der Waals surface area (Å²) < 4.78 is 40.3. The van der Waals surface area contributed by atoms with Gasteiger partial charge in [-0.15, -0.1) is 0 Å². The molecule has 2 N–H and O–H groups in total. The molecule has 1 aromatic carbocycles. The summed E-state index contributed by atoms with van der Waals surface area (Å²) in [5.41, 5.74) is -0.761. The lowest BCUT2D eigenvalue weighted by Crippen LogP contribution is -2.44. The van der Waals surface area contributed by atoms with Crippen LogP contribution >= 0.6 is 0 Å². The molecule has 1 aliphatic heterocycles. The molecule has 0 radical (unpaired) electrons. The van der Waals surface area contributed by atoms with Gasteiger partial charge in [-0.1, -0.05) is 0 Å². The van der Waals surface area contributed by atoms with Gasteiger partial charge in [-0.25, -0.2) is 8.78 Å². The molecule has 1 unspecified atom stereocenters. The fourth-order valence-electron chi connectivity index (χ4n) is 2.76. The molecule has 1 aromatic rings. The highest BCUT2D eigenvalue weighted by Gasteiger charge is 2.31. The van der Waals surface area contributed by atoms with E-state index >= 15 is 0 Å². The van der Waals surface area contributed by atoms with Crippen molar-refractivity contribution in [3.05, 3.63) is 29.1 Å². The third-order valence-electron chi connectivity index (χ3n) is 3.94. The van der Waals surface area contributed by atoms with Crippen LogP contribution in [0.2, 0.25) is 0 Å². The lowest BCUT2D eigenvalue weighted by Gasteiger charge is -2.35. The van der Waals surface area contributed by atoms with Crippen LogP contribution in [0.15, 0.2) is 6.07 Å². The van der Waals surface area contributed by atoms with Crippen molar-refractivity contribution in [1.29, 1.82) is 0 Å². The van der Waals surface area contributed by atoms with Crippen molar-refractivity contribution in [1.82, 2.24) is 4.90 Å². The van der Waals surface area contributed by atoms with E-state index < -0.39 is 46.7 Å². The maximum atomic E-state index is 13.9. The van der Waals surface area contributed by atoms with Crippen molar-refractivity contribution in [3.63, 3.8) is 0 Å². The van der Waals surface area contributed by atoms with Crippen LogP contribution in [-0.2, 0) is 4.79 Å². The molecule has 2 rings (SSSR count). The first kappa shape index (κ1) is 17.1. The van der Waals surface area contributed by atoms with Crippen LogP contribution in [0.3, 0.4) is 0 Å². The van der Waals surface area contributed by atoms with Gasteiger partial charge in [-0.05, 0) is 31.7 Å². The van der Waals surface area contributed by atoms with Gasteiger partial charge in [0.05, 0.1) is 5.56 Å². The number of likely N-dealkylation sites (tertiary alicyclic amines) is 1. The highest BCUT2D eigenvalue weighted by molar-refractivity contribution is 5.95. The van der Waals surface area contributed by atoms with Crippen molar-refractivity contribution < 1.29 is 33.0 Å². The fourth-order valence-corrected chi connectivity index (χ4v) is 2.76. The van der Waals surface area contributed by atoms with Crippen LogP contribution in [-0.4, -0.2) is 39.6 Å². The van der Waals surface area contributed by atoms with E-state index in [0.29, 0.717) is 18.9 Å². The summed E-state index contributed by atoms with van der Waals surface area (Å²) in [5, 5.41) is 18.0. The van der Waals surface area contributed by atoms with Gasteiger partial charge in [0, 0.05) is 19.0 Å². The number of benzene rings is 1. The number of hydrogen-bond donors (Lipinski definition) is 2. The number of carboxylic acids is 1. The number of aromatic hydroxyl groups is 1. The minimum Gasteiger partial charge on any atom is -0.503 e. The molecule has 0 aliphatic carbocycles. The van der Waals surface area contributed by atoms with Gasteiger partial charge in [0.2, 0.25) is 5.82 Å². The number of carbonyl (C=O) groups excluding carboxylic acids is 1. The summed E-state index contributed by atoms with van der Waals surface area (Å²) in [6, 6.07) is -0.00253. The molecule has 5 nitrogen and oxygen atoms in total. The molecule has 1 heterocycles. The zero-order chi connectivity index (χ0) is 17.1. The summed E-state index contributed by atoms with van der Waals surface area (Å²) >= 11 is 0. The predicted molar refractivity (Wildman–Crippen MR) is 73.5 cm³/mol. The Morgan fingerprint density at radius 2 is 1.91 bits per heavy atom. The zero-order valence-electron chi connectivity index (χ0n) is 12.2. The summed E-state index contributed by atoms with van der Waals surface area (Å²) in [5.74, 6) is -8.22. The van der Waals surface area contributed by atoms with Gasteiger partial charge < -0.3 is 15.1 Å². The Hall–Kier alpha value is -2.25. The first-order chi connectivity index (χ1) is 10.8. The molecule has 1 aliphatic rings. The molecular weight excluding hydrogens is 315 g/mol. The Morgan fingerprint density at radius 3 is 2.57 bits per heavy atom. The quantitative estimate of drug-likeness (QED) is 0.832. The van der Waals surface area contributed by atoms with E-state index in [1.165, 1.54) is 4.90 Å². The van der Waals surface area contributed by atoms with Crippen LogP contribution in [0.5, 0.6) is 5.75 Å². The Labute approximate surface area is 130 Å². The molecular formula is C15H16F3NO4. The van der Waals surface area contributed by atoms with Crippen molar-refractivity contribution >= 4 is 11.9 Å². The Morgan fingerprint density at radius 1 is 1.22 bits per heavy atom. The van der Waals surface area contributed by atoms with Crippen molar-refractivity contribution in [2.75, 3.05) is 6.54 Å². The average Bonchev–Trinajstić information content (AvgIpc) is 2.54. The molecule has 0 bridgehead atoms. The highest BCUT2D eigenvalue weighted by atomic mass is 19.2. The Bertz CT molecular complexity index is 636. The van der Waals surface area contributed by atoms with E-state index in [1.54, 1.807) is 0 Å². The first-order valence-electron chi connectivity index (χ1n) is 7.22. The monoisotopic (exact) mass is 331 g/mol. The number of nitrogens with zero attached hydrogens (tertiary/aromatic N) is 1. The lowest BCUT2D eigenvalue weighted by molar-refractivity contribution is -0.137. The Kier molecular flexibility index (Phi) is 5.12. The van der Waals surface area contributed by atoms with Gasteiger partial charge in [-0.2, -0.15) is 4.39 Å². The largest absolute Gasteiger partial charge is 0.503 e. The van der Waals surface area contributed by atoms with Crippen LogP contribution in [0, 0.1) is 17.5 Å². The molecule has 126 valence electrons. The van der Waals surface area contributed by atoms with Gasteiger partial charge in [0.15, 0.2) is 17.4 Å². The number of rotatable bonds is 4. The van der Waals surface area contributed by atoms with Crippen molar-refractivity contribution in [2.45, 2.75) is 38.1 Å². The second-order valence-electron chi connectivity index (χ2n) is 5.46. The minimum absolute atomic E-state index is 0.153. The number of phenols is 1. The number of piperidine rings is 1. The highest BCUT2D eigenvalue weighted by Crippen LogP contribution is 2.29. The number of phenolic OH excluding ortho intramolecular Hbond substituents is 1. The number of amides is 1. The standard InChI is InChI=1S/C15H16F3NO4/c16-10-7-9(12(17)14(22)13(10)18)15(23)19-6-2-1-3-8(19)4-5-11(20)21/h7-8,22H,1-6H2,(H,20,21). The number of halogens is 3. The second kappa shape index (κ2) is 6.89. The summed E-state index contributed by atoms with van der Waals surface area (Å²) in [7, 11) is 0. The van der Waals surface area contributed by atoms with E-state index in [0.717, 1.165) is 6.42 Å². The molecule has 23 heavy (non-hydrogen) atoms. The maximum absolute atomic E-state index is 13.9. The van der Waals surface area contributed by atoms with Gasteiger partial charge in [0.25, 0.3) is 5.91 Å². The van der Waals surface area contributed by atoms with Crippen LogP contribution in [0.4, 0.5) is 13.2 Å². The molecule has 8 heteroatoms. The van der Waals surface area contributed by atoms with Crippen LogP contribution in [0.25, 0.3) is 0 Å². The number of carbonyl (C=O) groups is 2. The normalized spacial score (nSPS) is 18.0. The topological polar surface area (TPSA) is 77.8 Å². The zero-order valence-corrected chi connectivity index (χ0v) is 12.2. The SMILES string of the molecule is O=C(O)CCC1CCCCN1C(=O)c1cc(F)c(F)c(O)c1F. The van der Waals surface area contributed by atoms with E-state index in [2.05, 4.69) is 0 Å². The molecule has 0 aromatic heterocycles. The summed E-state index contributed by atoms with van der Waals surface area (Å²) in [6.45, 7) is 0.266. The van der Waals surface area contributed by atoms with Gasteiger partial charge in [0.1, 0.15) is 0 Å². The van der Waals surface area contributed by atoms with E-state index in [-0.39, 0.29) is 19.4 Å². The fraction of sp³-hybridized carbons (Fsp3) is 0.467. The lowest BCUT2D eigenvalue weighted by atomic mass is 9.96. The minimum atomic E-state index is -1.75. The molecule has 1 amide bonds. The molecule has 1 atom stereocenters. The number of carboxylic acid groups (broad SMARTS) is 1. The predicted octanol–water partition coefficient (Wildman–Crippen LogP) is 2.67. The second-order valence-corrected chi connectivity index (χ2v) is 5.46. The van der Waals surface area contributed by atoms with Crippen molar-refractivity contribution in [3.8, 4) is 5.75 Å². The number of aliphatic carboxylic acids is 1. The van der Waals surface area contributed by atoms with Crippen molar-refractivity contribution in [2.24, 2.45) is 0 Å².